The molecule has 8 bridgehead atoms. The SMILES string of the molecule is CCC1=C(C)C2=NC1=CC1=C(C)C3=C(O)[C@H](C(=O)OC)C(=C4NC(=CC5=NC(=C2)C(CC)=C5C)[C@@H](C)[C@@H]4CCC(=O)OC)C3=N1. The lowest BCUT2D eigenvalue weighted by Crippen LogP contribution is -2.25. The van der Waals surface area contributed by atoms with Gasteiger partial charge < -0.3 is 19.9 Å². The van der Waals surface area contributed by atoms with Crippen molar-refractivity contribution in [3.63, 3.8) is 0 Å². The Morgan fingerprint density at radius 2 is 1.51 bits per heavy atom. The van der Waals surface area contributed by atoms with Crippen molar-refractivity contribution in [2.45, 2.75) is 67.2 Å². The predicted molar refractivity (Wildman–Crippen MR) is 174 cm³/mol. The molecule has 9 heteroatoms. The monoisotopic (exact) mass is 608 g/mol. The second-order valence-electron chi connectivity index (χ2n) is 12.2. The summed E-state index contributed by atoms with van der Waals surface area (Å²) in [5.41, 5.74) is 12.8. The second kappa shape index (κ2) is 11.4. The Morgan fingerprint density at radius 1 is 0.889 bits per heavy atom. The van der Waals surface area contributed by atoms with Crippen LogP contribution in [0.1, 0.15) is 67.2 Å². The third-order valence-electron chi connectivity index (χ3n) is 9.98. The Balaban J connectivity index is 1.65. The van der Waals surface area contributed by atoms with Gasteiger partial charge in [-0.25, -0.2) is 15.0 Å². The molecule has 1 fully saturated rings. The number of aliphatic hydroxyl groups excluding tert-OH is 1. The van der Waals surface area contributed by atoms with Crippen LogP contribution >= 0.6 is 0 Å². The van der Waals surface area contributed by atoms with E-state index in [2.05, 4.69) is 52.1 Å². The van der Waals surface area contributed by atoms with Gasteiger partial charge in [-0.15, -0.1) is 0 Å². The average Bonchev–Trinajstić information content (AvgIpc) is 3.76. The van der Waals surface area contributed by atoms with Gasteiger partial charge in [0.05, 0.1) is 48.4 Å². The van der Waals surface area contributed by atoms with Crippen molar-refractivity contribution in [3.05, 3.63) is 91.5 Å². The number of aliphatic hydroxyl groups is 1. The van der Waals surface area contributed by atoms with E-state index < -0.39 is 11.9 Å². The number of aliphatic imine (C=N–C) groups is 3. The highest BCUT2D eigenvalue weighted by atomic mass is 16.5. The number of ether oxygens (including phenoxy) is 2. The van der Waals surface area contributed by atoms with E-state index in [-0.39, 0.29) is 30.0 Å². The van der Waals surface area contributed by atoms with Gasteiger partial charge in [0.25, 0.3) is 0 Å². The molecule has 0 unspecified atom stereocenters. The van der Waals surface area contributed by atoms with Gasteiger partial charge in [-0.1, -0.05) is 20.8 Å². The molecule has 0 radical (unpaired) electrons. The zero-order chi connectivity index (χ0) is 32.3. The van der Waals surface area contributed by atoms with Crippen molar-refractivity contribution >= 4 is 29.1 Å². The Kier molecular flexibility index (Phi) is 7.75. The first-order valence-electron chi connectivity index (χ1n) is 15.7. The number of carbonyl (C=O) groups excluding carboxylic acids is 2. The molecule has 0 amide bonds. The number of fused-ring (bicyclic) bond motifs is 5. The van der Waals surface area contributed by atoms with E-state index in [1.165, 1.54) is 19.8 Å². The zero-order valence-corrected chi connectivity index (χ0v) is 27.2. The number of hydrogen-bond acceptors (Lipinski definition) is 9. The Hall–Kier alpha value is -4.53. The average molecular weight is 609 g/mol. The third-order valence-corrected chi connectivity index (χ3v) is 9.98. The van der Waals surface area contributed by atoms with E-state index in [0.717, 1.165) is 69.3 Å². The number of nitrogens with zero attached hydrogens (tertiary/aromatic N) is 3. The van der Waals surface area contributed by atoms with Crippen LogP contribution in [0, 0.1) is 17.8 Å². The molecule has 1 saturated heterocycles. The van der Waals surface area contributed by atoms with Crippen molar-refractivity contribution < 1.29 is 24.2 Å². The number of methoxy groups -OCH3 is 2. The van der Waals surface area contributed by atoms with Crippen molar-refractivity contribution in [2.24, 2.45) is 32.7 Å². The van der Waals surface area contributed by atoms with Crippen LogP contribution in [0.3, 0.4) is 0 Å². The van der Waals surface area contributed by atoms with Crippen LogP contribution < -0.4 is 5.32 Å². The van der Waals surface area contributed by atoms with Gasteiger partial charge in [0.1, 0.15) is 11.7 Å². The van der Waals surface area contributed by atoms with Crippen molar-refractivity contribution in [1.29, 1.82) is 0 Å². The fourth-order valence-corrected chi connectivity index (χ4v) is 7.37. The number of esters is 2. The van der Waals surface area contributed by atoms with E-state index in [0.29, 0.717) is 29.0 Å². The molecule has 3 atom stereocenters. The molecule has 5 aliphatic heterocycles. The van der Waals surface area contributed by atoms with Crippen LogP contribution in [-0.2, 0) is 19.1 Å². The normalized spacial score (nSPS) is 25.4. The molecule has 234 valence electrons. The van der Waals surface area contributed by atoms with Gasteiger partial charge >= 0.3 is 11.9 Å². The minimum Gasteiger partial charge on any atom is -0.510 e. The molecule has 0 saturated carbocycles. The fraction of sp³-hybridized carbons (Fsp3) is 0.417. The van der Waals surface area contributed by atoms with Gasteiger partial charge in [-0.2, -0.15) is 0 Å². The molecule has 0 aromatic carbocycles. The van der Waals surface area contributed by atoms with Crippen molar-refractivity contribution in [1.82, 2.24) is 5.32 Å². The van der Waals surface area contributed by atoms with E-state index in [4.69, 9.17) is 24.5 Å². The van der Waals surface area contributed by atoms with Crippen molar-refractivity contribution in [3.8, 4) is 0 Å². The molecular weight excluding hydrogens is 568 g/mol. The van der Waals surface area contributed by atoms with Crippen LogP contribution in [0.25, 0.3) is 0 Å². The molecule has 6 aliphatic rings. The maximum absolute atomic E-state index is 13.3. The molecule has 2 N–H and O–H groups in total. The maximum atomic E-state index is 13.3. The number of hydrogen-bond donors (Lipinski definition) is 2. The van der Waals surface area contributed by atoms with E-state index >= 15 is 0 Å². The molecular formula is C36H40N4O5. The molecule has 9 nitrogen and oxygen atoms in total. The first-order chi connectivity index (χ1) is 21.5. The molecule has 0 aromatic rings. The van der Waals surface area contributed by atoms with Gasteiger partial charge in [0.15, 0.2) is 0 Å². The minimum absolute atomic E-state index is 0.0544. The van der Waals surface area contributed by atoms with E-state index in [9.17, 15) is 14.7 Å². The number of carbonyl (C=O) groups is 2. The summed E-state index contributed by atoms with van der Waals surface area (Å²) in [5.74, 6) is -2.24. The number of rotatable bonds is 6. The quantitative estimate of drug-likeness (QED) is 0.336. The predicted octanol–water partition coefficient (Wildman–Crippen LogP) is 6.42. The summed E-state index contributed by atoms with van der Waals surface area (Å²) in [6, 6.07) is 0. The highest BCUT2D eigenvalue weighted by Gasteiger charge is 2.49. The molecule has 6 rings (SSSR count). The van der Waals surface area contributed by atoms with Gasteiger partial charge in [-0.05, 0) is 86.1 Å². The summed E-state index contributed by atoms with van der Waals surface area (Å²) in [7, 11) is 2.70. The molecule has 5 heterocycles. The lowest BCUT2D eigenvalue weighted by atomic mass is 9.84. The number of nitrogens with one attached hydrogen (secondary N) is 1. The zero-order valence-electron chi connectivity index (χ0n) is 27.2. The van der Waals surface area contributed by atoms with E-state index in [1.54, 1.807) is 0 Å². The standard InChI is InChI=1S/C36H40N4O5/c1-9-20-16(3)23-13-25-18(5)22(11-12-29(41)44-7)33(39-25)31-32(36(43)45-8)35(42)30-19(6)26(40-34(30)31)15-28-21(10-2)17(4)24(38-28)14-27(20)37-23/h13-15,18,22,32,39,42H,9-12H2,1-8H3/t18-,22-,32+/m0/s1. The van der Waals surface area contributed by atoms with Crippen LogP contribution in [0.5, 0.6) is 0 Å². The first kappa shape index (κ1) is 30.5. The van der Waals surface area contributed by atoms with Gasteiger partial charge in [0.2, 0.25) is 0 Å². The van der Waals surface area contributed by atoms with Gasteiger partial charge in [-0.3, -0.25) is 9.59 Å². The third kappa shape index (κ3) is 4.71. The summed E-state index contributed by atoms with van der Waals surface area (Å²) in [4.78, 5) is 40.9. The Labute approximate surface area is 264 Å². The number of allylic oxidation sites excluding steroid dienone is 11. The largest absolute Gasteiger partial charge is 0.510 e. The summed E-state index contributed by atoms with van der Waals surface area (Å²) in [6.07, 6.45) is 8.44. The lowest BCUT2D eigenvalue weighted by molar-refractivity contribution is -0.143. The first-order valence-corrected chi connectivity index (χ1v) is 15.7. The summed E-state index contributed by atoms with van der Waals surface area (Å²) < 4.78 is 10.2. The Bertz CT molecular complexity index is 1800. The lowest BCUT2D eigenvalue weighted by Gasteiger charge is -2.20. The highest BCUT2D eigenvalue weighted by Crippen LogP contribution is 2.49. The fourth-order valence-electron chi connectivity index (χ4n) is 7.37. The molecule has 0 aromatic heterocycles. The van der Waals surface area contributed by atoms with Crippen LogP contribution in [0.2, 0.25) is 0 Å². The highest BCUT2D eigenvalue weighted by molar-refractivity contribution is 6.24. The molecule has 1 aliphatic carbocycles. The molecule has 45 heavy (non-hydrogen) atoms. The van der Waals surface area contributed by atoms with Crippen LogP contribution in [-0.4, -0.2) is 48.4 Å². The smallest absolute Gasteiger partial charge is 0.321 e. The summed E-state index contributed by atoms with van der Waals surface area (Å²) in [5, 5.41) is 15.3. The maximum Gasteiger partial charge on any atom is 0.321 e. The van der Waals surface area contributed by atoms with Crippen LogP contribution in [0.4, 0.5) is 0 Å². The minimum atomic E-state index is -1.04. The topological polar surface area (TPSA) is 122 Å². The Morgan fingerprint density at radius 3 is 2.11 bits per heavy atom. The summed E-state index contributed by atoms with van der Waals surface area (Å²) >= 11 is 0. The van der Waals surface area contributed by atoms with Crippen LogP contribution in [0.15, 0.2) is 106 Å². The molecule has 0 spiro atoms. The van der Waals surface area contributed by atoms with E-state index in [1.807, 2.05) is 13.0 Å². The van der Waals surface area contributed by atoms with Crippen molar-refractivity contribution in [2.75, 3.05) is 14.2 Å². The summed E-state index contributed by atoms with van der Waals surface area (Å²) in [6.45, 7) is 12.5. The second-order valence-corrected chi connectivity index (χ2v) is 12.2. The van der Waals surface area contributed by atoms with Gasteiger partial charge in [0, 0.05) is 40.8 Å².